The van der Waals surface area contributed by atoms with Crippen molar-refractivity contribution in [1.29, 1.82) is 0 Å². The molecule has 13 heavy (non-hydrogen) atoms. The molecule has 1 N–H and O–H groups in total. The van der Waals surface area contributed by atoms with E-state index in [0.29, 0.717) is 11.0 Å². The maximum absolute atomic E-state index is 9.69. The third-order valence-corrected chi connectivity index (χ3v) is 2.84. The molecule has 0 bridgehead atoms. The summed E-state index contributed by atoms with van der Waals surface area (Å²) >= 11 is 1.74. The van der Waals surface area contributed by atoms with Crippen LogP contribution in [0.2, 0.25) is 0 Å². The Kier molecular flexibility index (Phi) is 3.81. The number of nitrogens with zero attached hydrogens (tertiary/aromatic N) is 2. The highest BCUT2D eigenvalue weighted by Crippen LogP contribution is 2.19. The lowest BCUT2D eigenvalue weighted by molar-refractivity contribution is 0.198. The molecule has 74 valence electrons. The minimum absolute atomic E-state index is 0.436. The van der Waals surface area contributed by atoms with Crippen molar-refractivity contribution in [2.75, 3.05) is 5.75 Å². The fourth-order valence-corrected chi connectivity index (χ4v) is 1.72. The molecule has 0 saturated heterocycles. The maximum Gasteiger partial charge on any atom is 0.107 e. The number of aliphatic hydroxyl groups excluding tert-OH is 1. The highest BCUT2D eigenvalue weighted by Gasteiger charge is 2.10. The normalized spacial score (nSPS) is 13.6. The molecule has 1 aromatic rings. The topological polar surface area (TPSA) is 38.0 Å². The average Bonchev–Trinajstić information content (AvgIpc) is 2.47. The first-order chi connectivity index (χ1) is 6.09. The predicted molar refractivity (Wildman–Crippen MR) is 55.8 cm³/mol. The van der Waals surface area contributed by atoms with Gasteiger partial charge in [0, 0.05) is 19.0 Å². The van der Waals surface area contributed by atoms with E-state index in [1.54, 1.807) is 16.4 Å². The van der Waals surface area contributed by atoms with Gasteiger partial charge in [-0.2, -0.15) is 16.9 Å². The molecule has 1 atom stereocenters. The molecule has 0 saturated carbocycles. The quantitative estimate of drug-likeness (QED) is 0.802. The fourth-order valence-electron chi connectivity index (χ4n) is 0.980. The Morgan fingerprint density at radius 1 is 1.62 bits per heavy atom. The second-order valence-corrected chi connectivity index (χ2v) is 4.92. The molecular weight excluding hydrogens is 184 g/mol. The molecule has 0 aliphatic heterocycles. The van der Waals surface area contributed by atoms with Gasteiger partial charge in [-0.05, 0) is 11.3 Å². The summed E-state index contributed by atoms with van der Waals surface area (Å²) in [6, 6.07) is 1.85. The fraction of sp³-hybridized carbons (Fsp3) is 0.667. The van der Waals surface area contributed by atoms with Gasteiger partial charge in [0.25, 0.3) is 0 Å². The molecule has 0 aliphatic rings. The number of rotatable bonds is 4. The zero-order valence-electron chi connectivity index (χ0n) is 8.27. The van der Waals surface area contributed by atoms with Crippen LogP contribution < -0.4 is 0 Å². The van der Waals surface area contributed by atoms with Gasteiger partial charge < -0.3 is 5.11 Å². The maximum atomic E-state index is 9.69. The van der Waals surface area contributed by atoms with Crippen LogP contribution in [0.3, 0.4) is 0 Å². The van der Waals surface area contributed by atoms with Gasteiger partial charge >= 0.3 is 0 Å². The van der Waals surface area contributed by atoms with Crippen LogP contribution in [0.1, 0.15) is 25.6 Å². The lowest BCUT2D eigenvalue weighted by Crippen LogP contribution is -2.04. The average molecular weight is 200 g/mol. The Morgan fingerprint density at radius 3 is 2.77 bits per heavy atom. The van der Waals surface area contributed by atoms with Crippen molar-refractivity contribution < 1.29 is 5.11 Å². The van der Waals surface area contributed by atoms with Crippen LogP contribution in [0.4, 0.5) is 0 Å². The van der Waals surface area contributed by atoms with Gasteiger partial charge in [0.2, 0.25) is 0 Å². The summed E-state index contributed by atoms with van der Waals surface area (Å²) in [4.78, 5) is 0. The third-order valence-electron chi connectivity index (χ3n) is 1.66. The first-order valence-electron chi connectivity index (χ1n) is 4.39. The monoisotopic (exact) mass is 200 g/mol. The van der Waals surface area contributed by atoms with Gasteiger partial charge in [-0.1, -0.05) is 13.8 Å². The van der Waals surface area contributed by atoms with E-state index < -0.39 is 6.10 Å². The summed E-state index contributed by atoms with van der Waals surface area (Å²) < 4.78 is 1.71. The van der Waals surface area contributed by atoms with Crippen LogP contribution in [-0.2, 0) is 7.05 Å². The summed E-state index contributed by atoms with van der Waals surface area (Å²) in [6.45, 7) is 4.24. The van der Waals surface area contributed by atoms with Crippen molar-refractivity contribution >= 4 is 11.8 Å². The summed E-state index contributed by atoms with van der Waals surface area (Å²) in [5, 5.41) is 14.4. The van der Waals surface area contributed by atoms with E-state index in [9.17, 15) is 5.11 Å². The summed E-state index contributed by atoms with van der Waals surface area (Å²) in [6.07, 6.45) is 1.41. The van der Waals surface area contributed by atoms with Gasteiger partial charge in [-0.25, -0.2) is 0 Å². The Bertz CT molecular complexity index is 260. The van der Waals surface area contributed by atoms with Crippen molar-refractivity contribution in [3.05, 3.63) is 18.0 Å². The molecule has 1 heterocycles. The second-order valence-electron chi connectivity index (χ2n) is 3.31. The standard InChI is InChI=1S/C9H16N2OS/c1-7(2)13-6-9(12)8-4-5-11(3)10-8/h4-5,7,9,12H,6H2,1-3H3. The zero-order chi connectivity index (χ0) is 9.84. The van der Waals surface area contributed by atoms with Crippen LogP contribution in [0.15, 0.2) is 12.3 Å². The molecular formula is C9H16N2OS. The molecule has 3 nitrogen and oxygen atoms in total. The van der Waals surface area contributed by atoms with Gasteiger partial charge in [-0.15, -0.1) is 0 Å². The highest BCUT2D eigenvalue weighted by atomic mass is 32.2. The Labute approximate surface area is 83.1 Å². The van der Waals surface area contributed by atoms with E-state index in [0.717, 1.165) is 5.69 Å². The van der Waals surface area contributed by atoms with Crippen LogP contribution in [0, 0.1) is 0 Å². The van der Waals surface area contributed by atoms with Crippen LogP contribution >= 0.6 is 11.8 Å². The number of thioether (sulfide) groups is 1. The lowest BCUT2D eigenvalue weighted by Gasteiger charge is -2.09. The minimum Gasteiger partial charge on any atom is -0.386 e. The van der Waals surface area contributed by atoms with Crippen LogP contribution in [-0.4, -0.2) is 25.9 Å². The van der Waals surface area contributed by atoms with E-state index in [1.807, 2.05) is 19.3 Å². The number of aryl methyl sites for hydroxylation is 1. The minimum atomic E-state index is -0.436. The van der Waals surface area contributed by atoms with Gasteiger partial charge in [0.1, 0.15) is 6.10 Å². The first-order valence-corrected chi connectivity index (χ1v) is 5.43. The summed E-state index contributed by atoms with van der Waals surface area (Å²) in [5.74, 6) is 0.717. The lowest BCUT2D eigenvalue weighted by atomic mass is 10.3. The molecule has 0 fully saturated rings. The Morgan fingerprint density at radius 2 is 2.31 bits per heavy atom. The number of aliphatic hydroxyl groups is 1. The molecule has 0 radical (unpaired) electrons. The molecule has 4 heteroatoms. The molecule has 1 unspecified atom stereocenters. The number of hydrogen-bond acceptors (Lipinski definition) is 3. The Balaban J connectivity index is 2.44. The number of hydrogen-bond donors (Lipinski definition) is 1. The van der Waals surface area contributed by atoms with Crippen LogP contribution in [0.25, 0.3) is 0 Å². The van der Waals surface area contributed by atoms with Gasteiger partial charge in [0.05, 0.1) is 5.69 Å². The van der Waals surface area contributed by atoms with Crippen molar-refractivity contribution in [3.8, 4) is 0 Å². The molecule has 0 spiro atoms. The summed E-state index contributed by atoms with van der Waals surface area (Å²) in [7, 11) is 1.85. The third kappa shape index (κ3) is 3.40. The van der Waals surface area contributed by atoms with Crippen molar-refractivity contribution in [1.82, 2.24) is 9.78 Å². The largest absolute Gasteiger partial charge is 0.386 e. The van der Waals surface area contributed by atoms with E-state index in [-0.39, 0.29) is 0 Å². The van der Waals surface area contributed by atoms with Crippen molar-refractivity contribution in [2.45, 2.75) is 25.2 Å². The molecule has 1 rings (SSSR count). The van der Waals surface area contributed by atoms with E-state index >= 15 is 0 Å². The van der Waals surface area contributed by atoms with E-state index in [4.69, 9.17) is 0 Å². The van der Waals surface area contributed by atoms with E-state index in [1.165, 1.54) is 0 Å². The molecule has 1 aromatic heterocycles. The van der Waals surface area contributed by atoms with Gasteiger partial charge in [0.15, 0.2) is 0 Å². The predicted octanol–water partition coefficient (Wildman–Crippen LogP) is 1.60. The van der Waals surface area contributed by atoms with Gasteiger partial charge in [-0.3, -0.25) is 4.68 Å². The highest BCUT2D eigenvalue weighted by molar-refractivity contribution is 7.99. The van der Waals surface area contributed by atoms with Crippen molar-refractivity contribution in [3.63, 3.8) is 0 Å². The van der Waals surface area contributed by atoms with E-state index in [2.05, 4.69) is 18.9 Å². The SMILES string of the molecule is CC(C)SCC(O)c1ccn(C)n1. The zero-order valence-corrected chi connectivity index (χ0v) is 9.08. The molecule has 0 amide bonds. The number of aromatic nitrogens is 2. The smallest absolute Gasteiger partial charge is 0.107 e. The van der Waals surface area contributed by atoms with Crippen molar-refractivity contribution in [2.24, 2.45) is 7.05 Å². The Hall–Kier alpha value is -0.480. The van der Waals surface area contributed by atoms with Crippen LogP contribution in [0.5, 0.6) is 0 Å². The molecule has 0 aliphatic carbocycles. The molecule has 0 aromatic carbocycles. The summed E-state index contributed by atoms with van der Waals surface area (Å²) in [5.41, 5.74) is 0.760. The second kappa shape index (κ2) is 4.67. The first kappa shape index (κ1) is 10.6.